The zero-order chi connectivity index (χ0) is 19.5. The van der Waals surface area contributed by atoms with Gasteiger partial charge in [-0.2, -0.15) is 0 Å². The molecule has 0 saturated carbocycles. The molecule has 26 heavy (non-hydrogen) atoms. The van der Waals surface area contributed by atoms with E-state index in [1.54, 1.807) is 24.8 Å². The van der Waals surface area contributed by atoms with Crippen molar-refractivity contribution < 1.29 is 17.6 Å². The van der Waals surface area contributed by atoms with Crippen molar-refractivity contribution in [2.75, 3.05) is 13.1 Å². The molecule has 0 aliphatic heterocycles. The molecule has 0 saturated heterocycles. The number of aromatic nitrogens is 1. The summed E-state index contributed by atoms with van der Waals surface area (Å²) < 4.78 is 32.6. The number of amides is 1. The van der Waals surface area contributed by atoms with Crippen LogP contribution in [0.15, 0.2) is 27.5 Å². The highest BCUT2D eigenvalue weighted by molar-refractivity contribution is 7.89. The topological polar surface area (TPSA) is 92.5 Å². The molecule has 2 rings (SSSR count). The van der Waals surface area contributed by atoms with Crippen molar-refractivity contribution in [1.82, 2.24) is 14.6 Å². The van der Waals surface area contributed by atoms with Crippen LogP contribution in [-0.4, -0.2) is 37.3 Å². The van der Waals surface area contributed by atoms with Crippen LogP contribution in [0.25, 0.3) is 0 Å². The van der Waals surface area contributed by atoms with Crippen LogP contribution in [0.2, 0.25) is 5.02 Å². The Hall–Kier alpha value is -1.90. The molecule has 1 aromatic heterocycles. The van der Waals surface area contributed by atoms with Crippen LogP contribution in [0.4, 0.5) is 0 Å². The van der Waals surface area contributed by atoms with Crippen LogP contribution in [0.3, 0.4) is 0 Å². The second-order valence-corrected chi connectivity index (χ2v) is 7.90. The molecule has 142 valence electrons. The summed E-state index contributed by atoms with van der Waals surface area (Å²) >= 11 is 5.99. The summed E-state index contributed by atoms with van der Waals surface area (Å²) in [5, 5.41) is 0.368. The molecule has 2 aromatic rings. The molecule has 0 aliphatic rings. The molecule has 9 heteroatoms. The number of halogens is 1. The van der Waals surface area contributed by atoms with E-state index >= 15 is 0 Å². The van der Waals surface area contributed by atoms with Crippen LogP contribution in [0.1, 0.15) is 41.6 Å². The highest BCUT2D eigenvalue weighted by atomic mass is 35.5. The Kier molecular flexibility index (Phi) is 6.44. The number of aryl methyl sites for hydroxylation is 2. The maximum Gasteiger partial charge on any atom is 0.276 e. The average Bonchev–Trinajstić information content (AvgIpc) is 2.97. The SMILES string of the molecule is CCN(CC)C(=O)c1nc(CNS(=O)(=O)c2ccc(C)c(Cl)c2)oc1C. The molecule has 1 heterocycles. The summed E-state index contributed by atoms with van der Waals surface area (Å²) in [6.45, 7) is 8.10. The first-order valence-electron chi connectivity index (χ1n) is 8.21. The van der Waals surface area contributed by atoms with E-state index in [1.165, 1.54) is 12.1 Å². The number of nitrogens with zero attached hydrogens (tertiary/aromatic N) is 2. The number of oxazole rings is 1. The maximum absolute atomic E-state index is 12.4. The molecule has 0 spiro atoms. The Balaban J connectivity index is 2.15. The van der Waals surface area contributed by atoms with Gasteiger partial charge in [-0.15, -0.1) is 0 Å². The number of hydrogen-bond donors (Lipinski definition) is 1. The molecular formula is C17H22ClN3O4S. The number of carbonyl (C=O) groups excluding carboxylic acids is 1. The highest BCUT2D eigenvalue weighted by Crippen LogP contribution is 2.20. The standard InChI is InChI=1S/C17H22ClN3O4S/c1-5-21(6-2)17(22)16-12(4)25-15(20-16)10-19-26(23,24)13-8-7-11(3)14(18)9-13/h7-9,19H,5-6,10H2,1-4H3. The van der Waals surface area contributed by atoms with E-state index in [2.05, 4.69) is 9.71 Å². The van der Waals surface area contributed by atoms with Gasteiger partial charge < -0.3 is 9.32 Å². The Morgan fingerprint density at radius 2 is 1.92 bits per heavy atom. The zero-order valence-corrected chi connectivity index (χ0v) is 16.7. The van der Waals surface area contributed by atoms with Crippen molar-refractivity contribution in [3.63, 3.8) is 0 Å². The molecule has 0 aliphatic carbocycles. The van der Waals surface area contributed by atoms with Gasteiger partial charge in [-0.05, 0) is 45.4 Å². The third kappa shape index (κ3) is 4.44. The quantitative estimate of drug-likeness (QED) is 0.772. The van der Waals surface area contributed by atoms with E-state index in [-0.39, 0.29) is 28.9 Å². The Bertz CT molecular complexity index is 905. The minimum Gasteiger partial charge on any atom is -0.444 e. The minimum absolute atomic E-state index is 0.0517. The van der Waals surface area contributed by atoms with Crippen molar-refractivity contribution in [2.45, 2.75) is 39.1 Å². The van der Waals surface area contributed by atoms with E-state index in [1.807, 2.05) is 13.8 Å². The lowest BCUT2D eigenvalue weighted by Crippen LogP contribution is -2.31. The number of hydrogen-bond acceptors (Lipinski definition) is 5. The first-order valence-corrected chi connectivity index (χ1v) is 10.1. The van der Waals surface area contributed by atoms with Gasteiger partial charge in [-0.25, -0.2) is 18.1 Å². The number of sulfonamides is 1. The van der Waals surface area contributed by atoms with E-state index in [0.717, 1.165) is 5.56 Å². The fourth-order valence-electron chi connectivity index (χ4n) is 2.37. The molecule has 0 fully saturated rings. The summed E-state index contributed by atoms with van der Waals surface area (Å²) in [4.78, 5) is 18.2. The summed E-state index contributed by atoms with van der Waals surface area (Å²) in [7, 11) is -3.78. The van der Waals surface area contributed by atoms with Gasteiger partial charge in [0.15, 0.2) is 5.69 Å². The molecule has 1 N–H and O–H groups in total. The number of benzene rings is 1. The second-order valence-electron chi connectivity index (χ2n) is 5.73. The Morgan fingerprint density at radius 3 is 2.50 bits per heavy atom. The third-order valence-electron chi connectivity index (χ3n) is 3.96. The van der Waals surface area contributed by atoms with Crippen LogP contribution >= 0.6 is 11.6 Å². The van der Waals surface area contributed by atoms with Crippen LogP contribution in [0, 0.1) is 13.8 Å². The molecule has 1 amide bonds. The third-order valence-corrected chi connectivity index (χ3v) is 5.77. The first kappa shape index (κ1) is 20.4. The fourth-order valence-corrected chi connectivity index (χ4v) is 3.61. The lowest BCUT2D eigenvalue weighted by Gasteiger charge is -2.16. The van der Waals surface area contributed by atoms with Gasteiger partial charge in [0.05, 0.1) is 11.4 Å². The predicted octanol–water partition coefficient (Wildman–Crippen LogP) is 2.91. The second kappa shape index (κ2) is 8.20. The van der Waals surface area contributed by atoms with E-state index in [0.29, 0.717) is 23.9 Å². The minimum atomic E-state index is -3.78. The van der Waals surface area contributed by atoms with Crippen LogP contribution in [-0.2, 0) is 16.6 Å². The van der Waals surface area contributed by atoms with Gasteiger partial charge in [-0.3, -0.25) is 4.79 Å². The zero-order valence-electron chi connectivity index (χ0n) is 15.2. The first-order chi connectivity index (χ1) is 12.2. The smallest absolute Gasteiger partial charge is 0.276 e. The summed E-state index contributed by atoms with van der Waals surface area (Å²) in [6.07, 6.45) is 0. The summed E-state index contributed by atoms with van der Waals surface area (Å²) in [6, 6.07) is 4.49. The fraction of sp³-hybridized carbons (Fsp3) is 0.412. The predicted molar refractivity (Wildman–Crippen MR) is 98.7 cm³/mol. The van der Waals surface area contributed by atoms with E-state index in [4.69, 9.17) is 16.0 Å². The Morgan fingerprint density at radius 1 is 1.27 bits per heavy atom. The van der Waals surface area contributed by atoms with Crippen molar-refractivity contribution >= 4 is 27.5 Å². The van der Waals surface area contributed by atoms with Gasteiger partial charge in [0, 0.05) is 18.1 Å². The van der Waals surface area contributed by atoms with Gasteiger partial charge in [0.1, 0.15) is 5.76 Å². The monoisotopic (exact) mass is 399 g/mol. The number of carbonyl (C=O) groups is 1. The molecular weight excluding hydrogens is 378 g/mol. The molecule has 0 radical (unpaired) electrons. The molecule has 0 atom stereocenters. The normalized spacial score (nSPS) is 11.6. The van der Waals surface area contributed by atoms with Gasteiger partial charge in [0.2, 0.25) is 15.9 Å². The van der Waals surface area contributed by atoms with Crippen molar-refractivity contribution in [3.8, 4) is 0 Å². The highest BCUT2D eigenvalue weighted by Gasteiger charge is 2.22. The van der Waals surface area contributed by atoms with Crippen molar-refractivity contribution in [1.29, 1.82) is 0 Å². The maximum atomic E-state index is 12.4. The summed E-state index contributed by atoms with van der Waals surface area (Å²) in [5.41, 5.74) is 0.981. The average molecular weight is 400 g/mol. The molecule has 0 unspecified atom stereocenters. The molecule has 0 bridgehead atoms. The lowest BCUT2D eigenvalue weighted by molar-refractivity contribution is 0.0766. The van der Waals surface area contributed by atoms with Gasteiger partial charge in [-0.1, -0.05) is 17.7 Å². The lowest BCUT2D eigenvalue weighted by atomic mass is 10.2. The summed E-state index contributed by atoms with van der Waals surface area (Å²) in [5.74, 6) is 0.241. The molecule has 1 aromatic carbocycles. The van der Waals surface area contributed by atoms with Crippen molar-refractivity contribution in [3.05, 3.63) is 46.1 Å². The van der Waals surface area contributed by atoms with Crippen LogP contribution < -0.4 is 4.72 Å². The largest absolute Gasteiger partial charge is 0.444 e. The van der Waals surface area contributed by atoms with Gasteiger partial charge >= 0.3 is 0 Å². The molecule has 7 nitrogen and oxygen atoms in total. The van der Waals surface area contributed by atoms with Crippen LogP contribution in [0.5, 0.6) is 0 Å². The van der Waals surface area contributed by atoms with Gasteiger partial charge in [0.25, 0.3) is 5.91 Å². The van der Waals surface area contributed by atoms with Crippen molar-refractivity contribution in [2.24, 2.45) is 0 Å². The van der Waals surface area contributed by atoms with E-state index < -0.39 is 10.0 Å². The number of rotatable bonds is 7. The number of nitrogens with one attached hydrogen (secondary N) is 1. The Labute approximate surface area is 158 Å². The van der Waals surface area contributed by atoms with E-state index in [9.17, 15) is 13.2 Å².